The summed E-state index contributed by atoms with van der Waals surface area (Å²) in [5.74, 6) is -1.63. The number of benzene rings is 2. The summed E-state index contributed by atoms with van der Waals surface area (Å²) < 4.78 is 5.76. The summed E-state index contributed by atoms with van der Waals surface area (Å²) in [4.78, 5) is 44.7. The van der Waals surface area contributed by atoms with Gasteiger partial charge in [0.05, 0.1) is 28.8 Å². The molecule has 180 valence electrons. The van der Waals surface area contributed by atoms with Gasteiger partial charge in [0.1, 0.15) is 11.5 Å². The summed E-state index contributed by atoms with van der Waals surface area (Å²) in [7, 11) is 0. The van der Waals surface area contributed by atoms with Crippen LogP contribution in [0, 0.1) is 6.92 Å². The van der Waals surface area contributed by atoms with Crippen LogP contribution in [0.1, 0.15) is 52.8 Å². The number of hydrogen-bond acceptors (Lipinski definition) is 7. The fourth-order valence-electron chi connectivity index (χ4n) is 3.91. The number of aliphatic hydroxyl groups excluding tert-OH is 1. The van der Waals surface area contributed by atoms with Gasteiger partial charge in [-0.25, -0.2) is 4.98 Å². The van der Waals surface area contributed by atoms with E-state index in [1.165, 1.54) is 11.8 Å². The Hall–Kier alpha value is -3.49. The molecule has 0 radical (unpaired) electrons. The van der Waals surface area contributed by atoms with E-state index in [0.717, 1.165) is 17.8 Å². The Bertz CT molecular complexity index is 1350. The first-order chi connectivity index (χ1) is 16.7. The summed E-state index contributed by atoms with van der Waals surface area (Å²) in [6.45, 7) is 5.59. The molecule has 2 heterocycles. The normalized spacial score (nSPS) is 17.1. The second-order valence-corrected chi connectivity index (χ2v) is 9.48. The van der Waals surface area contributed by atoms with Crippen LogP contribution in [0.15, 0.2) is 54.1 Å². The smallest absolute Gasteiger partial charge is 0.301 e. The Morgan fingerprint density at radius 3 is 2.54 bits per heavy atom. The molecule has 0 saturated carbocycles. The van der Waals surface area contributed by atoms with Gasteiger partial charge in [-0.05, 0) is 55.3 Å². The monoisotopic (exact) mass is 510 g/mol. The van der Waals surface area contributed by atoms with E-state index < -0.39 is 17.7 Å². The zero-order chi connectivity index (χ0) is 25.3. The number of halogens is 1. The van der Waals surface area contributed by atoms with Crippen molar-refractivity contribution in [3.63, 3.8) is 0 Å². The highest BCUT2D eigenvalue weighted by atomic mass is 35.5. The molecule has 0 bridgehead atoms. The SMILES string of the molecule is CCCOc1cccc(C2C(=C(O)c3ccc(Cl)cc3)C(=O)C(=O)N2c2nc(C)c(C(C)=O)s2)c1. The van der Waals surface area contributed by atoms with Gasteiger partial charge in [-0.2, -0.15) is 0 Å². The molecule has 4 rings (SSSR count). The molecule has 1 aliphatic rings. The summed E-state index contributed by atoms with van der Waals surface area (Å²) in [6, 6.07) is 12.4. The highest BCUT2D eigenvalue weighted by Gasteiger charge is 2.48. The first-order valence-electron chi connectivity index (χ1n) is 11.0. The molecule has 1 atom stereocenters. The number of thiazole rings is 1. The lowest BCUT2D eigenvalue weighted by Crippen LogP contribution is -2.29. The topological polar surface area (TPSA) is 96.8 Å². The lowest BCUT2D eigenvalue weighted by Gasteiger charge is -2.23. The van der Waals surface area contributed by atoms with Crippen molar-refractivity contribution in [2.45, 2.75) is 33.2 Å². The predicted octanol–water partition coefficient (Wildman–Crippen LogP) is 5.72. The molecule has 0 aliphatic carbocycles. The third-order valence-electron chi connectivity index (χ3n) is 5.52. The molecule has 1 saturated heterocycles. The number of nitrogens with zero attached hydrogens (tertiary/aromatic N) is 2. The van der Waals surface area contributed by atoms with E-state index in [9.17, 15) is 19.5 Å². The maximum atomic E-state index is 13.3. The maximum Gasteiger partial charge on any atom is 0.301 e. The van der Waals surface area contributed by atoms with Crippen molar-refractivity contribution in [3.8, 4) is 5.75 Å². The number of carbonyl (C=O) groups excluding carboxylic acids is 3. The van der Waals surface area contributed by atoms with Crippen molar-refractivity contribution in [3.05, 3.63) is 80.8 Å². The first kappa shape index (κ1) is 24.6. The van der Waals surface area contributed by atoms with E-state index in [1.54, 1.807) is 55.5 Å². The quantitative estimate of drug-likeness (QED) is 0.189. The molecule has 1 unspecified atom stereocenters. The van der Waals surface area contributed by atoms with E-state index in [4.69, 9.17) is 16.3 Å². The largest absolute Gasteiger partial charge is 0.507 e. The average molecular weight is 511 g/mol. The summed E-state index contributed by atoms with van der Waals surface area (Å²) >= 11 is 7.02. The Morgan fingerprint density at radius 2 is 1.91 bits per heavy atom. The lowest BCUT2D eigenvalue weighted by atomic mass is 9.95. The van der Waals surface area contributed by atoms with Gasteiger partial charge in [0.15, 0.2) is 10.9 Å². The number of amides is 1. The standard InChI is InChI=1S/C26H23ClN2O5S/c1-4-12-34-19-7-5-6-17(13-19)21-20(22(31)16-8-10-18(27)11-9-16)23(32)25(33)29(21)26-28-14(2)24(35-26)15(3)30/h5-11,13,21,31H,4,12H2,1-3H3. The van der Waals surface area contributed by atoms with Crippen molar-refractivity contribution < 1.29 is 24.2 Å². The van der Waals surface area contributed by atoms with E-state index in [-0.39, 0.29) is 22.2 Å². The zero-order valence-corrected chi connectivity index (χ0v) is 20.9. The molecule has 2 aromatic carbocycles. The molecule has 1 aliphatic heterocycles. The number of carbonyl (C=O) groups is 3. The van der Waals surface area contributed by atoms with Gasteiger partial charge in [0.25, 0.3) is 5.78 Å². The van der Waals surface area contributed by atoms with Crippen molar-refractivity contribution in [1.82, 2.24) is 4.98 Å². The van der Waals surface area contributed by atoms with E-state index in [1.807, 2.05) is 6.92 Å². The first-order valence-corrected chi connectivity index (χ1v) is 12.2. The highest BCUT2D eigenvalue weighted by molar-refractivity contribution is 7.18. The molecule has 35 heavy (non-hydrogen) atoms. The van der Waals surface area contributed by atoms with Crippen molar-refractivity contribution in [1.29, 1.82) is 0 Å². The van der Waals surface area contributed by atoms with Crippen LogP contribution in [-0.4, -0.2) is 34.2 Å². The van der Waals surface area contributed by atoms with E-state index in [0.29, 0.717) is 39.1 Å². The lowest BCUT2D eigenvalue weighted by molar-refractivity contribution is -0.132. The minimum atomic E-state index is -0.971. The summed E-state index contributed by atoms with van der Waals surface area (Å²) in [5.41, 5.74) is 1.29. The van der Waals surface area contributed by atoms with Crippen LogP contribution < -0.4 is 9.64 Å². The molecule has 9 heteroatoms. The fraction of sp³-hybridized carbons (Fsp3) is 0.231. The van der Waals surface area contributed by atoms with Crippen molar-refractivity contribution in [2.24, 2.45) is 0 Å². The van der Waals surface area contributed by atoms with Crippen LogP contribution in [0.3, 0.4) is 0 Å². The summed E-state index contributed by atoms with van der Waals surface area (Å²) in [6.07, 6.45) is 0.811. The van der Waals surface area contributed by atoms with Gasteiger partial charge in [0.2, 0.25) is 0 Å². The second kappa shape index (κ2) is 10.0. The number of aryl methyl sites for hydroxylation is 1. The van der Waals surface area contributed by atoms with Crippen LogP contribution in [0.4, 0.5) is 5.13 Å². The van der Waals surface area contributed by atoms with Crippen LogP contribution in [0.5, 0.6) is 5.75 Å². The summed E-state index contributed by atoms with van der Waals surface area (Å²) in [5, 5.41) is 11.9. The number of hydrogen-bond donors (Lipinski definition) is 1. The number of aliphatic hydroxyl groups is 1. The number of anilines is 1. The molecular formula is C26H23ClN2O5S. The molecule has 7 nitrogen and oxygen atoms in total. The predicted molar refractivity (Wildman–Crippen MR) is 135 cm³/mol. The fourth-order valence-corrected chi connectivity index (χ4v) is 5.03. The highest BCUT2D eigenvalue weighted by Crippen LogP contribution is 2.44. The van der Waals surface area contributed by atoms with Gasteiger partial charge in [-0.15, -0.1) is 0 Å². The minimum absolute atomic E-state index is 0.0813. The van der Waals surface area contributed by atoms with Crippen molar-refractivity contribution in [2.75, 3.05) is 11.5 Å². The maximum absolute atomic E-state index is 13.3. The molecule has 1 fully saturated rings. The van der Waals surface area contributed by atoms with Crippen LogP contribution in [-0.2, 0) is 9.59 Å². The number of aromatic nitrogens is 1. The van der Waals surface area contributed by atoms with Gasteiger partial charge in [-0.1, -0.05) is 42.0 Å². The zero-order valence-electron chi connectivity index (χ0n) is 19.4. The number of ketones is 2. The number of Topliss-reactive ketones (excluding diaryl/α,β-unsaturated/α-hetero) is 2. The Labute approximate surface area is 211 Å². The Balaban J connectivity index is 1.92. The molecular weight excluding hydrogens is 488 g/mol. The second-order valence-electron chi connectivity index (χ2n) is 8.06. The molecule has 0 spiro atoms. The van der Waals surface area contributed by atoms with Gasteiger partial charge >= 0.3 is 5.91 Å². The third-order valence-corrected chi connectivity index (χ3v) is 7.03. The van der Waals surface area contributed by atoms with Gasteiger partial charge in [-0.3, -0.25) is 19.3 Å². The minimum Gasteiger partial charge on any atom is -0.507 e. The molecule has 3 aromatic rings. The molecule has 1 aromatic heterocycles. The molecule has 1 amide bonds. The van der Waals surface area contributed by atoms with E-state index in [2.05, 4.69) is 4.98 Å². The molecule has 1 N–H and O–H groups in total. The number of ether oxygens (including phenoxy) is 1. The van der Waals surface area contributed by atoms with Crippen LogP contribution in [0.25, 0.3) is 5.76 Å². The van der Waals surface area contributed by atoms with Gasteiger partial charge in [0, 0.05) is 17.5 Å². The average Bonchev–Trinajstić information content (AvgIpc) is 3.35. The van der Waals surface area contributed by atoms with E-state index >= 15 is 0 Å². The number of rotatable bonds is 7. The Morgan fingerprint density at radius 1 is 1.20 bits per heavy atom. The van der Waals surface area contributed by atoms with Gasteiger partial charge < -0.3 is 9.84 Å². The van der Waals surface area contributed by atoms with Crippen molar-refractivity contribution >= 4 is 51.3 Å². The van der Waals surface area contributed by atoms with Crippen LogP contribution >= 0.6 is 22.9 Å². The van der Waals surface area contributed by atoms with Crippen LogP contribution in [0.2, 0.25) is 5.02 Å². The third kappa shape index (κ3) is 4.72. The Kier molecular flexibility index (Phi) is 7.05.